The zero-order chi connectivity index (χ0) is 21.0. The lowest BCUT2D eigenvalue weighted by atomic mass is 10.1. The molecule has 0 aliphatic carbocycles. The van der Waals surface area contributed by atoms with Gasteiger partial charge in [-0.15, -0.1) is 0 Å². The minimum absolute atomic E-state index is 0.334. The number of nitrogens with zero attached hydrogens (tertiary/aromatic N) is 2. The third-order valence-corrected chi connectivity index (χ3v) is 4.42. The predicted octanol–water partition coefficient (Wildman–Crippen LogP) is 4.05. The molecular weight excluding hydrogens is 370 g/mol. The van der Waals surface area contributed by atoms with E-state index in [-0.39, 0.29) is 0 Å². The molecule has 150 valence electrons. The first-order valence-corrected chi connectivity index (χ1v) is 9.25. The number of carbonyl (C=O) groups is 2. The van der Waals surface area contributed by atoms with Crippen molar-refractivity contribution in [3.8, 4) is 17.2 Å². The second kappa shape index (κ2) is 8.60. The largest absolute Gasteiger partial charge is 0.494 e. The van der Waals surface area contributed by atoms with Crippen LogP contribution >= 0.6 is 0 Å². The average Bonchev–Trinajstić information content (AvgIpc) is 2.96. The van der Waals surface area contributed by atoms with E-state index in [1.54, 1.807) is 49.8 Å². The van der Waals surface area contributed by atoms with Gasteiger partial charge >= 0.3 is 0 Å². The standard InChI is InChI=1S/C22H23N3O4/c1-5-28-17-10-12-19(13-11-17)29-18-8-6-16(7-9-18)23-22(27)21(26)20-14(2)24-25(4)15(20)3/h6-13H,5H2,1-4H3,(H,23,27). The second-order valence-corrected chi connectivity index (χ2v) is 6.48. The van der Waals surface area contributed by atoms with E-state index in [4.69, 9.17) is 9.47 Å². The van der Waals surface area contributed by atoms with Gasteiger partial charge in [0.1, 0.15) is 17.2 Å². The third kappa shape index (κ3) is 4.63. The molecule has 7 nitrogen and oxygen atoms in total. The number of aromatic nitrogens is 2. The summed E-state index contributed by atoms with van der Waals surface area (Å²) < 4.78 is 12.8. The molecule has 0 aliphatic heterocycles. The minimum Gasteiger partial charge on any atom is -0.494 e. The van der Waals surface area contributed by atoms with Gasteiger partial charge in [-0.3, -0.25) is 14.3 Å². The smallest absolute Gasteiger partial charge is 0.296 e. The Hall–Kier alpha value is -3.61. The van der Waals surface area contributed by atoms with E-state index in [2.05, 4.69) is 10.4 Å². The number of carbonyl (C=O) groups excluding carboxylic acids is 2. The lowest BCUT2D eigenvalue weighted by Crippen LogP contribution is -2.24. The number of anilines is 1. The molecule has 0 bridgehead atoms. The summed E-state index contributed by atoms with van der Waals surface area (Å²) in [5, 5.41) is 6.80. The Morgan fingerprint density at radius 1 is 0.966 bits per heavy atom. The fourth-order valence-corrected chi connectivity index (χ4v) is 2.92. The van der Waals surface area contributed by atoms with E-state index in [9.17, 15) is 9.59 Å². The first kappa shape index (κ1) is 20.1. The van der Waals surface area contributed by atoms with Crippen LogP contribution < -0.4 is 14.8 Å². The first-order valence-electron chi connectivity index (χ1n) is 9.25. The van der Waals surface area contributed by atoms with Crippen LogP contribution in [0.15, 0.2) is 48.5 Å². The molecule has 0 unspecified atom stereocenters. The van der Waals surface area contributed by atoms with Crippen LogP contribution in [0, 0.1) is 13.8 Å². The lowest BCUT2D eigenvalue weighted by molar-refractivity contribution is -0.112. The Morgan fingerprint density at radius 3 is 2.03 bits per heavy atom. The summed E-state index contributed by atoms with van der Waals surface area (Å²) in [6.45, 7) is 6.00. The molecule has 0 saturated heterocycles. The summed E-state index contributed by atoms with van der Waals surface area (Å²) in [5.41, 5.74) is 2.02. The van der Waals surface area contributed by atoms with Gasteiger partial charge in [0.15, 0.2) is 0 Å². The quantitative estimate of drug-likeness (QED) is 0.484. The molecule has 1 aromatic heterocycles. The number of hydrogen-bond donors (Lipinski definition) is 1. The van der Waals surface area contributed by atoms with E-state index >= 15 is 0 Å². The highest BCUT2D eigenvalue weighted by Gasteiger charge is 2.23. The highest BCUT2D eigenvalue weighted by atomic mass is 16.5. The van der Waals surface area contributed by atoms with Crippen LogP contribution in [0.1, 0.15) is 28.7 Å². The normalized spacial score (nSPS) is 10.5. The van der Waals surface area contributed by atoms with Gasteiger partial charge in [-0.1, -0.05) is 0 Å². The molecule has 0 atom stereocenters. The fourth-order valence-electron chi connectivity index (χ4n) is 2.92. The summed E-state index contributed by atoms with van der Waals surface area (Å²) in [6.07, 6.45) is 0. The van der Waals surface area contributed by atoms with Gasteiger partial charge in [-0.05, 0) is 69.3 Å². The van der Waals surface area contributed by atoms with Crippen LogP contribution in [0.3, 0.4) is 0 Å². The van der Waals surface area contributed by atoms with E-state index in [1.165, 1.54) is 0 Å². The summed E-state index contributed by atoms with van der Waals surface area (Å²) in [5.74, 6) is 0.745. The summed E-state index contributed by atoms with van der Waals surface area (Å²) in [4.78, 5) is 24.8. The summed E-state index contributed by atoms with van der Waals surface area (Å²) >= 11 is 0. The van der Waals surface area contributed by atoms with Crippen LogP contribution in [0.25, 0.3) is 0 Å². The molecule has 0 fully saturated rings. The third-order valence-electron chi connectivity index (χ3n) is 4.42. The van der Waals surface area contributed by atoms with Crippen LogP contribution in [-0.4, -0.2) is 28.1 Å². The van der Waals surface area contributed by atoms with Crippen LogP contribution in [-0.2, 0) is 11.8 Å². The molecule has 1 amide bonds. The van der Waals surface area contributed by atoms with E-state index in [1.807, 2.05) is 31.2 Å². The predicted molar refractivity (Wildman–Crippen MR) is 110 cm³/mol. The van der Waals surface area contributed by atoms with Crippen LogP contribution in [0.2, 0.25) is 0 Å². The van der Waals surface area contributed by atoms with Crippen molar-refractivity contribution in [2.24, 2.45) is 7.05 Å². The Kier molecular flexibility index (Phi) is 5.97. The Bertz CT molecular complexity index is 1020. The molecule has 3 aromatic rings. The first-order chi connectivity index (χ1) is 13.9. The van der Waals surface area contributed by atoms with Crippen molar-refractivity contribution in [2.45, 2.75) is 20.8 Å². The molecule has 1 N–H and O–H groups in total. The highest BCUT2D eigenvalue weighted by Crippen LogP contribution is 2.25. The van der Waals surface area contributed by atoms with Crippen LogP contribution in [0.4, 0.5) is 5.69 Å². The van der Waals surface area contributed by atoms with Gasteiger partial charge in [0.05, 0.1) is 17.9 Å². The summed E-state index contributed by atoms with van der Waals surface area (Å²) in [6, 6.07) is 14.1. The van der Waals surface area contributed by atoms with Crippen molar-refractivity contribution in [1.29, 1.82) is 0 Å². The van der Waals surface area contributed by atoms with Gasteiger partial charge in [0.25, 0.3) is 11.7 Å². The molecular formula is C22H23N3O4. The number of benzene rings is 2. The molecule has 0 saturated carbocycles. The van der Waals surface area contributed by atoms with Gasteiger partial charge in [0.2, 0.25) is 0 Å². The number of hydrogen-bond acceptors (Lipinski definition) is 5. The maximum Gasteiger partial charge on any atom is 0.296 e. The SMILES string of the molecule is CCOc1ccc(Oc2ccc(NC(=O)C(=O)c3c(C)nn(C)c3C)cc2)cc1. The van der Waals surface area contributed by atoms with Gasteiger partial charge in [-0.25, -0.2) is 0 Å². The van der Waals surface area contributed by atoms with Crippen molar-refractivity contribution < 1.29 is 19.1 Å². The minimum atomic E-state index is -0.704. The number of nitrogens with one attached hydrogen (secondary N) is 1. The molecule has 2 aromatic carbocycles. The molecule has 0 aliphatic rings. The zero-order valence-corrected chi connectivity index (χ0v) is 16.9. The van der Waals surface area contributed by atoms with Gasteiger partial charge in [-0.2, -0.15) is 5.10 Å². The monoisotopic (exact) mass is 393 g/mol. The number of ether oxygens (including phenoxy) is 2. The lowest BCUT2D eigenvalue weighted by Gasteiger charge is -2.09. The Labute approximate surface area is 169 Å². The Balaban J connectivity index is 1.64. The zero-order valence-electron chi connectivity index (χ0n) is 16.9. The van der Waals surface area contributed by atoms with Gasteiger partial charge in [0, 0.05) is 18.4 Å². The fraction of sp³-hybridized carbons (Fsp3) is 0.227. The van der Waals surface area contributed by atoms with Crippen molar-refractivity contribution in [1.82, 2.24) is 9.78 Å². The number of rotatable bonds is 7. The molecule has 0 radical (unpaired) electrons. The van der Waals surface area contributed by atoms with Gasteiger partial charge < -0.3 is 14.8 Å². The van der Waals surface area contributed by atoms with Crippen molar-refractivity contribution in [2.75, 3.05) is 11.9 Å². The van der Waals surface area contributed by atoms with E-state index in [0.29, 0.717) is 40.7 Å². The average molecular weight is 393 g/mol. The second-order valence-electron chi connectivity index (χ2n) is 6.48. The number of Topliss-reactive ketones (excluding diaryl/α,β-unsaturated/α-hetero) is 1. The number of aryl methyl sites for hydroxylation is 2. The van der Waals surface area contributed by atoms with Crippen molar-refractivity contribution in [3.05, 3.63) is 65.5 Å². The Morgan fingerprint density at radius 2 is 1.52 bits per heavy atom. The van der Waals surface area contributed by atoms with Crippen molar-refractivity contribution >= 4 is 17.4 Å². The molecule has 0 spiro atoms. The van der Waals surface area contributed by atoms with E-state index in [0.717, 1.165) is 5.75 Å². The molecule has 7 heteroatoms. The molecule has 29 heavy (non-hydrogen) atoms. The summed E-state index contributed by atoms with van der Waals surface area (Å²) in [7, 11) is 1.74. The maximum absolute atomic E-state index is 12.5. The van der Waals surface area contributed by atoms with E-state index < -0.39 is 11.7 Å². The number of amides is 1. The number of ketones is 1. The van der Waals surface area contributed by atoms with Crippen molar-refractivity contribution in [3.63, 3.8) is 0 Å². The molecule has 1 heterocycles. The maximum atomic E-state index is 12.5. The molecule has 3 rings (SSSR count). The highest BCUT2D eigenvalue weighted by molar-refractivity contribution is 6.47. The van der Waals surface area contributed by atoms with Crippen LogP contribution in [0.5, 0.6) is 17.2 Å². The topological polar surface area (TPSA) is 82.4 Å².